The van der Waals surface area contributed by atoms with Gasteiger partial charge in [0.2, 0.25) is 0 Å². The third-order valence-corrected chi connectivity index (χ3v) is 5.71. The van der Waals surface area contributed by atoms with Crippen molar-refractivity contribution in [2.45, 2.75) is 18.9 Å². The summed E-state index contributed by atoms with van der Waals surface area (Å²) < 4.78 is 2.30. The number of amides is 3. The first-order chi connectivity index (χ1) is 13.0. The zero-order valence-electron chi connectivity index (χ0n) is 14.7. The topological polar surface area (TPSA) is 83.4 Å². The van der Waals surface area contributed by atoms with Gasteiger partial charge in [-0.05, 0) is 31.0 Å². The van der Waals surface area contributed by atoms with Gasteiger partial charge >= 0.3 is 6.03 Å². The Balaban J connectivity index is 1.38. The van der Waals surface area contributed by atoms with Crippen LogP contribution in [0.25, 0.3) is 0 Å². The van der Waals surface area contributed by atoms with Crippen molar-refractivity contribution in [2.24, 2.45) is 0 Å². The summed E-state index contributed by atoms with van der Waals surface area (Å²) in [6.45, 7) is 1.88. The second kappa shape index (κ2) is 9.05. The predicted octanol–water partition coefficient (Wildman–Crippen LogP) is 2.34. The SMILES string of the molecule is O=C(NCCNC(=O)N1CCC(n2ccccc2=O)CC1)c1ccc(Cl)s1. The number of aromatic nitrogens is 1. The lowest BCUT2D eigenvalue weighted by atomic mass is 10.0. The second-order valence-corrected chi connectivity index (χ2v) is 7.97. The number of urea groups is 1. The van der Waals surface area contributed by atoms with Crippen LogP contribution in [0.5, 0.6) is 0 Å². The largest absolute Gasteiger partial charge is 0.350 e. The smallest absolute Gasteiger partial charge is 0.317 e. The van der Waals surface area contributed by atoms with Gasteiger partial charge in [0.25, 0.3) is 11.5 Å². The van der Waals surface area contributed by atoms with Crippen LogP contribution >= 0.6 is 22.9 Å². The summed E-state index contributed by atoms with van der Waals surface area (Å²) in [5.74, 6) is -0.199. The Labute approximate surface area is 165 Å². The fourth-order valence-corrected chi connectivity index (χ4v) is 4.03. The Kier molecular flexibility index (Phi) is 6.52. The number of hydrogen-bond donors (Lipinski definition) is 2. The molecule has 0 bridgehead atoms. The molecule has 27 heavy (non-hydrogen) atoms. The minimum absolute atomic E-state index is 0.0110. The van der Waals surface area contributed by atoms with Crippen LogP contribution in [0.3, 0.4) is 0 Å². The van der Waals surface area contributed by atoms with E-state index in [1.165, 1.54) is 11.3 Å². The number of hydrogen-bond acceptors (Lipinski definition) is 4. The fourth-order valence-electron chi connectivity index (χ4n) is 3.07. The normalized spacial score (nSPS) is 14.8. The van der Waals surface area contributed by atoms with Crippen molar-refractivity contribution in [2.75, 3.05) is 26.2 Å². The van der Waals surface area contributed by atoms with Crippen molar-refractivity contribution in [3.05, 3.63) is 56.1 Å². The number of pyridine rings is 1. The zero-order chi connectivity index (χ0) is 19.2. The molecule has 2 N–H and O–H groups in total. The number of likely N-dealkylation sites (tertiary alicyclic amines) is 1. The molecule has 3 heterocycles. The summed E-state index contributed by atoms with van der Waals surface area (Å²) in [7, 11) is 0. The third-order valence-electron chi connectivity index (χ3n) is 4.48. The molecule has 0 saturated carbocycles. The first kappa shape index (κ1) is 19.4. The van der Waals surface area contributed by atoms with Crippen LogP contribution in [-0.4, -0.2) is 47.6 Å². The molecule has 144 valence electrons. The maximum atomic E-state index is 12.2. The Morgan fingerprint density at radius 1 is 1.11 bits per heavy atom. The van der Waals surface area contributed by atoms with Gasteiger partial charge in [0.05, 0.1) is 9.21 Å². The molecule has 0 unspecified atom stereocenters. The molecular formula is C18H21ClN4O3S. The minimum Gasteiger partial charge on any atom is -0.350 e. The van der Waals surface area contributed by atoms with Crippen LogP contribution in [0.4, 0.5) is 4.79 Å². The Bertz CT molecular complexity index is 858. The molecule has 1 saturated heterocycles. The summed E-state index contributed by atoms with van der Waals surface area (Å²) in [6, 6.07) is 8.45. The van der Waals surface area contributed by atoms with Gasteiger partial charge in [0.1, 0.15) is 0 Å². The lowest BCUT2D eigenvalue weighted by Gasteiger charge is -2.32. The maximum Gasteiger partial charge on any atom is 0.317 e. The van der Waals surface area contributed by atoms with Crippen molar-refractivity contribution in [1.29, 1.82) is 0 Å². The average molecular weight is 409 g/mol. The molecule has 3 rings (SSSR count). The van der Waals surface area contributed by atoms with Crippen LogP contribution in [-0.2, 0) is 0 Å². The molecule has 1 aliphatic heterocycles. The number of rotatable bonds is 5. The van der Waals surface area contributed by atoms with Crippen molar-refractivity contribution in [3.63, 3.8) is 0 Å². The van der Waals surface area contributed by atoms with E-state index in [9.17, 15) is 14.4 Å². The summed E-state index contributed by atoms with van der Waals surface area (Å²) >= 11 is 7.02. The van der Waals surface area contributed by atoms with Crippen LogP contribution in [0.2, 0.25) is 4.34 Å². The number of nitrogens with one attached hydrogen (secondary N) is 2. The number of nitrogens with zero attached hydrogens (tertiary/aromatic N) is 2. The van der Waals surface area contributed by atoms with Gasteiger partial charge in [0.15, 0.2) is 0 Å². The highest BCUT2D eigenvalue weighted by molar-refractivity contribution is 7.17. The van der Waals surface area contributed by atoms with Crippen LogP contribution in [0.1, 0.15) is 28.6 Å². The molecule has 0 aliphatic carbocycles. The van der Waals surface area contributed by atoms with Gasteiger partial charge < -0.3 is 20.1 Å². The lowest BCUT2D eigenvalue weighted by Crippen LogP contribution is -2.47. The highest BCUT2D eigenvalue weighted by Gasteiger charge is 2.23. The highest BCUT2D eigenvalue weighted by Crippen LogP contribution is 2.21. The van der Waals surface area contributed by atoms with Crippen molar-refractivity contribution in [3.8, 4) is 0 Å². The molecule has 0 atom stereocenters. The number of carbonyl (C=O) groups excluding carboxylic acids is 2. The molecular weight excluding hydrogens is 388 g/mol. The van der Waals surface area contributed by atoms with E-state index in [1.807, 2.05) is 6.07 Å². The summed E-state index contributed by atoms with van der Waals surface area (Å²) in [5, 5.41) is 5.56. The van der Waals surface area contributed by atoms with Crippen LogP contribution in [0, 0.1) is 0 Å². The van der Waals surface area contributed by atoms with Gasteiger partial charge in [-0.25, -0.2) is 4.79 Å². The maximum absolute atomic E-state index is 12.2. The molecule has 9 heteroatoms. The van der Waals surface area contributed by atoms with E-state index in [0.29, 0.717) is 35.4 Å². The quantitative estimate of drug-likeness (QED) is 0.745. The van der Waals surface area contributed by atoms with Crippen LogP contribution in [0.15, 0.2) is 41.3 Å². The molecule has 0 radical (unpaired) electrons. The number of carbonyl (C=O) groups is 2. The first-order valence-electron chi connectivity index (χ1n) is 8.78. The van der Waals surface area contributed by atoms with E-state index in [1.54, 1.807) is 39.9 Å². The molecule has 3 amide bonds. The Morgan fingerprint density at radius 3 is 2.52 bits per heavy atom. The van der Waals surface area contributed by atoms with E-state index in [-0.39, 0.29) is 23.5 Å². The summed E-state index contributed by atoms with van der Waals surface area (Å²) in [5.41, 5.74) is -0.0110. The monoisotopic (exact) mass is 408 g/mol. The van der Waals surface area contributed by atoms with Gasteiger partial charge in [-0.15, -0.1) is 11.3 Å². The van der Waals surface area contributed by atoms with E-state index in [0.717, 1.165) is 12.8 Å². The molecule has 2 aromatic heterocycles. The molecule has 7 nitrogen and oxygen atoms in total. The molecule has 1 aliphatic rings. The number of thiophene rings is 1. The van der Waals surface area contributed by atoms with Crippen molar-refractivity contribution >= 4 is 34.9 Å². The summed E-state index contributed by atoms with van der Waals surface area (Å²) in [4.78, 5) is 38.3. The van der Waals surface area contributed by atoms with Gasteiger partial charge in [0, 0.05) is 44.5 Å². The standard InChI is InChI=1S/C18H21ClN4O3S/c19-15-5-4-14(27-15)17(25)20-8-9-21-18(26)22-11-6-13(7-12-22)23-10-2-1-3-16(23)24/h1-5,10,13H,6-9,11-12H2,(H,20,25)(H,21,26). The van der Waals surface area contributed by atoms with Gasteiger partial charge in [-0.2, -0.15) is 0 Å². The van der Waals surface area contributed by atoms with E-state index < -0.39 is 0 Å². The average Bonchev–Trinajstić information content (AvgIpc) is 3.12. The Hall–Kier alpha value is -2.32. The summed E-state index contributed by atoms with van der Waals surface area (Å²) in [6.07, 6.45) is 3.28. The van der Waals surface area contributed by atoms with Gasteiger partial charge in [-0.1, -0.05) is 17.7 Å². The minimum atomic E-state index is -0.199. The van der Waals surface area contributed by atoms with Gasteiger partial charge in [-0.3, -0.25) is 9.59 Å². The number of halogens is 1. The predicted molar refractivity (Wildman–Crippen MR) is 106 cm³/mol. The lowest BCUT2D eigenvalue weighted by molar-refractivity contribution is 0.0957. The molecule has 1 fully saturated rings. The van der Waals surface area contributed by atoms with Crippen molar-refractivity contribution in [1.82, 2.24) is 20.1 Å². The number of piperidine rings is 1. The fraction of sp³-hybridized carbons (Fsp3) is 0.389. The van der Waals surface area contributed by atoms with E-state index >= 15 is 0 Å². The second-order valence-electron chi connectivity index (χ2n) is 6.26. The Morgan fingerprint density at radius 2 is 1.85 bits per heavy atom. The highest BCUT2D eigenvalue weighted by atomic mass is 35.5. The third kappa shape index (κ3) is 5.11. The van der Waals surface area contributed by atoms with E-state index in [4.69, 9.17) is 11.6 Å². The molecule has 2 aromatic rings. The zero-order valence-corrected chi connectivity index (χ0v) is 16.3. The first-order valence-corrected chi connectivity index (χ1v) is 9.97. The molecule has 0 spiro atoms. The van der Waals surface area contributed by atoms with Crippen molar-refractivity contribution < 1.29 is 9.59 Å². The molecule has 0 aromatic carbocycles. The van der Waals surface area contributed by atoms with E-state index in [2.05, 4.69) is 10.6 Å². The van der Waals surface area contributed by atoms with Crippen LogP contribution < -0.4 is 16.2 Å².